The van der Waals surface area contributed by atoms with Gasteiger partial charge in [0.2, 0.25) is 0 Å². The minimum absolute atomic E-state index is 0.0845. The maximum Gasteiger partial charge on any atom is 0.343 e. The largest absolute Gasteiger partial charge is 0.490 e. The van der Waals surface area contributed by atoms with Crippen LogP contribution in [-0.4, -0.2) is 26.7 Å². The molecule has 0 fully saturated rings. The van der Waals surface area contributed by atoms with Crippen molar-refractivity contribution < 1.29 is 19.4 Å². The van der Waals surface area contributed by atoms with Gasteiger partial charge in [0.1, 0.15) is 12.4 Å². The van der Waals surface area contributed by atoms with Gasteiger partial charge in [0.05, 0.1) is 35.1 Å². The molecule has 1 aromatic carbocycles. The highest BCUT2D eigenvalue weighted by Crippen LogP contribution is 2.40. The number of aryl methyl sites for hydroxylation is 1. The Labute approximate surface area is 198 Å². The van der Waals surface area contributed by atoms with Crippen molar-refractivity contribution in [3.8, 4) is 17.1 Å². The molecule has 7 nitrogen and oxygen atoms in total. The zero-order valence-electron chi connectivity index (χ0n) is 20.3. The number of aliphatic hydroxyl groups is 1. The average Bonchev–Trinajstić information content (AvgIpc) is 3.18. The third-order valence-corrected chi connectivity index (χ3v) is 7.39. The van der Waals surface area contributed by atoms with Crippen LogP contribution in [0.2, 0.25) is 0 Å². The predicted molar refractivity (Wildman–Crippen MR) is 129 cm³/mol. The molecule has 0 saturated heterocycles. The van der Waals surface area contributed by atoms with Crippen LogP contribution in [0.15, 0.2) is 29.1 Å². The van der Waals surface area contributed by atoms with E-state index < -0.39 is 11.6 Å². The van der Waals surface area contributed by atoms with E-state index in [1.54, 1.807) is 17.6 Å². The lowest BCUT2D eigenvalue weighted by Crippen LogP contribution is -2.44. The van der Waals surface area contributed by atoms with Crippen molar-refractivity contribution in [1.29, 1.82) is 0 Å². The van der Waals surface area contributed by atoms with Crippen LogP contribution in [0.3, 0.4) is 0 Å². The highest BCUT2D eigenvalue weighted by atomic mass is 16.6. The summed E-state index contributed by atoms with van der Waals surface area (Å²) in [6, 6.07) is 7.68. The maximum atomic E-state index is 13.4. The third kappa shape index (κ3) is 3.17. The van der Waals surface area contributed by atoms with Gasteiger partial charge in [-0.15, -0.1) is 0 Å². The Bertz CT molecular complexity index is 1390. The van der Waals surface area contributed by atoms with Gasteiger partial charge in [0, 0.05) is 16.5 Å². The molecule has 0 saturated carbocycles. The molecular weight excluding hydrogens is 432 g/mol. The molecule has 178 valence electrons. The monoisotopic (exact) mass is 462 g/mol. The number of hydrogen-bond donors (Lipinski definition) is 1. The summed E-state index contributed by atoms with van der Waals surface area (Å²) in [6.45, 7) is 10.4. The standard InChI is InChI=1S/C27H30N2O5/c1-6-17-18-10-16(34-15(5)14(3)4)8-9-22(18)28-24-19(17)12-29-23(24)11-21-20(25(29)30)13-33-26(31)27(21,32)7-2/h8-11,14-15,32H,6-7,12-13H2,1-5H3/t15?,27-/m0/s1. The Balaban J connectivity index is 1.70. The van der Waals surface area contributed by atoms with E-state index in [9.17, 15) is 14.7 Å². The second kappa shape index (κ2) is 7.94. The van der Waals surface area contributed by atoms with Crippen LogP contribution < -0.4 is 10.3 Å². The van der Waals surface area contributed by atoms with Gasteiger partial charge in [-0.3, -0.25) is 4.79 Å². The Hall–Kier alpha value is -3.19. The number of benzene rings is 1. The lowest BCUT2D eigenvalue weighted by Gasteiger charge is -2.31. The molecule has 1 N–H and O–H groups in total. The van der Waals surface area contributed by atoms with Crippen LogP contribution >= 0.6 is 0 Å². The first-order valence-corrected chi connectivity index (χ1v) is 12.0. The number of fused-ring (bicyclic) bond motifs is 5. The Morgan fingerprint density at radius 3 is 2.62 bits per heavy atom. The first-order chi connectivity index (χ1) is 16.2. The first kappa shape index (κ1) is 22.6. The number of aromatic nitrogens is 2. The van der Waals surface area contributed by atoms with Crippen molar-refractivity contribution in [2.24, 2.45) is 5.92 Å². The number of hydrogen-bond acceptors (Lipinski definition) is 6. The van der Waals surface area contributed by atoms with E-state index in [0.717, 1.165) is 39.9 Å². The summed E-state index contributed by atoms with van der Waals surface area (Å²) in [4.78, 5) is 30.7. The van der Waals surface area contributed by atoms with Gasteiger partial charge >= 0.3 is 5.97 Å². The third-order valence-electron chi connectivity index (χ3n) is 7.39. The number of nitrogens with zero attached hydrogens (tertiary/aromatic N) is 2. The van der Waals surface area contributed by atoms with Gasteiger partial charge in [0.15, 0.2) is 5.60 Å². The smallest absolute Gasteiger partial charge is 0.343 e. The van der Waals surface area contributed by atoms with Gasteiger partial charge in [-0.1, -0.05) is 27.7 Å². The van der Waals surface area contributed by atoms with Gasteiger partial charge in [-0.25, -0.2) is 9.78 Å². The minimum atomic E-state index is -1.82. The summed E-state index contributed by atoms with van der Waals surface area (Å²) in [5.74, 6) is 0.482. The van der Waals surface area contributed by atoms with Crippen molar-refractivity contribution >= 4 is 16.9 Å². The molecule has 0 radical (unpaired) electrons. The Morgan fingerprint density at radius 1 is 1.18 bits per heavy atom. The SMILES string of the molecule is CCc1c2c(nc3ccc(OC(C)C(C)C)cc13)-c1cc3c(c(=O)n1C2)COC(=O)[C@]3(O)CC. The molecule has 0 bridgehead atoms. The van der Waals surface area contributed by atoms with Crippen molar-refractivity contribution in [3.63, 3.8) is 0 Å². The summed E-state index contributed by atoms with van der Waals surface area (Å²) < 4.78 is 13.0. The predicted octanol–water partition coefficient (Wildman–Crippen LogP) is 4.07. The number of esters is 1. The summed E-state index contributed by atoms with van der Waals surface area (Å²) in [5, 5.41) is 12.1. The second-order valence-corrected chi connectivity index (χ2v) is 9.62. The summed E-state index contributed by atoms with van der Waals surface area (Å²) in [5.41, 5.74) is 2.90. The zero-order valence-corrected chi connectivity index (χ0v) is 20.3. The molecule has 2 aliphatic heterocycles. The van der Waals surface area contributed by atoms with E-state index in [2.05, 4.69) is 27.7 Å². The van der Waals surface area contributed by atoms with Crippen LogP contribution in [-0.2, 0) is 34.7 Å². The van der Waals surface area contributed by atoms with Gasteiger partial charge in [0.25, 0.3) is 5.56 Å². The van der Waals surface area contributed by atoms with Crippen LogP contribution in [0.4, 0.5) is 0 Å². The Kier molecular flexibility index (Phi) is 5.28. The number of carbonyl (C=O) groups excluding carboxylic acids is 1. The van der Waals surface area contributed by atoms with Crippen LogP contribution in [0, 0.1) is 5.92 Å². The highest BCUT2D eigenvalue weighted by Gasteiger charge is 2.45. The molecule has 3 aromatic rings. The van der Waals surface area contributed by atoms with E-state index >= 15 is 0 Å². The van der Waals surface area contributed by atoms with Crippen molar-refractivity contribution in [1.82, 2.24) is 9.55 Å². The fourth-order valence-electron chi connectivity index (χ4n) is 4.97. The highest BCUT2D eigenvalue weighted by molar-refractivity contribution is 5.90. The van der Waals surface area contributed by atoms with E-state index in [0.29, 0.717) is 29.3 Å². The fourth-order valence-corrected chi connectivity index (χ4v) is 4.97. The number of carbonyl (C=O) groups is 1. The quantitative estimate of drug-likeness (QED) is 0.450. The van der Waals surface area contributed by atoms with Gasteiger partial charge in [-0.2, -0.15) is 0 Å². The minimum Gasteiger partial charge on any atom is -0.490 e. The van der Waals surface area contributed by atoms with E-state index in [1.807, 2.05) is 18.2 Å². The van der Waals surface area contributed by atoms with Crippen LogP contribution in [0.25, 0.3) is 22.3 Å². The molecule has 2 atom stereocenters. The van der Waals surface area contributed by atoms with Crippen molar-refractivity contribution in [2.45, 2.75) is 72.3 Å². The average molecular weight is 463 g/mol. The molecule has 2 aliphatic rings. The molecule has 4 heterocycles. The summed E-state index contributed by atoms with van der Waals surface area (Å²) in [6.07, 6.45) is 0.978. The van der Waals surface area contributed by atoms with E-state index in [1.165, 1.54) is 0 Å². The number of rotatable bonds is 5. The summed E-state index contributed by atoms with van der Waals surface area (Å²) in [7, 11) is 0. The van der Waals surface area contributed by atoms with Gasteiger partial charge < -0.3 is 19.1 Å². The molecule has 34 heavy (non-hydrogen) atoms. The number of pyridine rings is 2. The molecule has 0 amide bonds. The van der Waals surface area contributed by atoms with E-state index in [4.69, 9.17) is 14.5 Å². The second-order valence-electron chi connectivity index (χ2n) is 9.62. The van der Waals surface area contributed by atoms with Crippen LogP contribution in [0.5, 0.6) is 5.75 Å². The molecule has 7 heteroatoms. The van der Waals surface area contributed by atoms with Crippen molar-refractivity contribution in [3.05, 3.63) is 56.9 Å². The maximum absolute atomic E-state index is 13.4. The molecule has 2 aromatic heterocycles. The zero-order chi connectivity index (χ0) is 24.4. The molecule has 0 spiro atoms. The lowest BCUT2D eigenvalue weighted by molar-refractivity contribution is -0.172. The Morgan fingerprint density at radius 2 is 1.94 bits per heavy atom. The topological polar surface area (TPSA) is 90.6 Å². The van der Waals surface area contributed by atoms with Gasteiger partial charge in [-0.05, 0) is 55.5 Å². The molecule has 5 rings (SSSR count). The van der Waals surface area contributed by atoms with E-state index in [-0.39, 0.29) is 24.7 Å². The molecule has 0 aliphatic carbocycles. The lowest BCUT2D eigenvalue weighted by atomic mass is 9.86. The summed E-state index contributed by atoms with van der Waals surface area (Å²) >= 11 is 0. The number of cyclic esters (lactones) is 1. The molecular formula is C27H30N2O5. The normalized spacial score (nSPS) is 19.6. The van der Waals surface area contributed by atoms with Crippen LogP contribution in [0.1, 0.15) is 63.3 Å². The molecule has 1 unspecified atom stereocenters. The number of ether oxygens (including phenoxy) is 2. The first-order valence-electron chi connectivity index (χ1n) is 12.0. The van der Waals surface area contributed by atoms with Crippen molar-refractivity contribution in [2.75, 3.05) is 0 Å². The fraction of sp³-hybridized carbons (Fsp3) is 0.444.